The Morgan fingerprint density at radius 3 is 2.75 bits per heavy atom. The second kappa shape index (κ2) is 6.82. The quantitative estimate of drug-likeness (QED) is 0.484. The molecule has 2 nitrogen and oxygen atoms in total. The predicted molar refractivity (Wildman–Crippen MR) is 100 cm³/mol. The van der Waals surface area contributed by atoms with Gasteiger partial charge in [-0.05, 0) is 64.2 Å². The number of allylic oxidation sites excluding steroid dienone is 2. The molecule has 2 aliphatic rings. The Balaban J connectivity index is 2.01. The van der Waals surface area contributed by atoms with E-state index in [-0.39, 0.29) is 5.60 Å². The third kappa shape index (κ3) is 3.20. The molecule has 0 amide bonds. The number of hydrogen-bond donors (Lipinski definition) is 0. The molecular formula is C22H32O2. The van der Waals surface area contributed by atoms with E-state index in [9.17, 15) is 0 Å². The molecule has 0 N–H and O–H groups in total. The number of unbranched alkanes of at least 4 members (excludes halogenated alkanes) is 2. The smallest absolute Gasteiger partial charge is 0.127 e. The van der Waals surface area contributed by atoms with Gasteiger partial charge in [-0.2, -0.15) is 0 Å². The van der Waals surface area contributed by atoms with E-state index in [1.807, 2.05) is 0 Å². The highest BCUT2D eigenvalue weighted by Crippen LogP contribution is 2.54. The summed E-state index contributed by atoms with van der Waals surface area (Å²) >= 11 is 0. The molecule has 0 aromatic heterocycles. The minimum Gasteiger partial charge on any atom is -0.496 e. The summed E-state index contributed by atoms with van der Waals surface area (Å²) in [5.74, 6) is 3.11. The number of rotatable bonds is 5. The monoisotopic (exact) mass is 328 g/mol. The lowest BCUT2D eigenvalue weighted by atomic mass is 9.67. The molecule has 0 spiro atoms. The summed E-state index contributed by atoms with van der Waals surface area (Å²) in [5, 5.41) is 0. The SMILES string of the molecule is CCCCCc1cc(OC)c2c(c1)OC(C)(C)[C@H]1CC=C(C)C[C@H]21. The number of methoxy groups -OCH3 is 1. The topological polar surface area (TPSA) is 18.5 Å². The number of ether oxygens (including phenoxy) is 2. The minimum absolute atomic E-state index is 0.123. The average Bonchev–Trinajstić information content (AvgIpc) is 2.53. The maximum absolute atomic E-state index is 6.50. The predicted octanol–water partition coefficient (Wildman–Crippen LogP) is 6.04. The number of aryl methyl sites for hydroxylation is 1. The number of fused-ring (bicyclic) bond motifs is 3. The molecular weight excluding hydrogens is 296 g/mol. The van der Waals surface area contributed by atoms with E-state index >= 15 is 0 Å². The van der Waals surface area contributed by atoms with Gasteiger partial charge in [0.05, 0.1) is 7.11 Å². The highest BCUT2D eigenvalue weighted by atomic mass is 16.5. The van der Waals surface area contributed by atoms with Gasteiger partial charge in [-0.1, -0.05) is 31.4 Å². The van der Waals surface area contributed by atoms with Crippen molar-refractivity contribution in [1.29, 1.82) is 0 Å². The van der Waals surface area contributed by atoms with Crippen molar-refractivity contribution in [1.82, 2.24) is 0 Å². The Morgan fingerprint density at radius 2 is 2.04 bits per heavy atom. The van der Waals surface area contributed by atoms with Crippen molar-refractivity contribution in [2.45, 2.75) is 77.7 Å². The Labute approximate surface area is 147 Å². The summed E-state index contributed by atoms with van der Waals surface area (Å²) in [5.41, 5.74) is 4.01. The van der Waals surface area contributed by atoms with E-state index in [2.05, 4.69) is 45.9 Å². The van der Waals surface area contributed by atoms with Gasteiger partial charge in [0.25, 0.3) is 0 Å². The van der Waals surface area contributed by atoms with Crippen LogP contribution in [0.5, 0.6) is 11.5 Å². The van der Waals surface area contributed by atoms with Crippen LogP contribution in [-0.2, 0) is 6.42 Å². The zero-order chi connectivity index (χ0) is 17.3. The van der Waals surface area contributed by atoms with Crippen molar-refractivity contribution < 1.29 is 9.47 Å². The van der Waals surface area contributed by atoms with Gasteiger partial charge in [-0.3, -0.25) is 0 Å². The van der Waals surface area contributed by atoms with Gasteiger partial charge < -0.3 is 9.47 Å². The standard InChI is InChI=1S/C22H32O2/c1-6-7-8-9-16-13-19(23-5)21-17-12-15(2)10-11-18(17)22(3,4)24-20(21)14-16/h10,13-14,17-18H,6-9,11-12H2,1-5H3/t17-,18-/m0/s1. The molecule has 2 atom stereocenters. The first-order valence-corrected chi connectivity index (χ1v) is 9.51. The molecule has 0 unspecified atom stereocenters. The molecule has 1 aliphatic heterocycles. The largest absolute Gasteiger partial charge is 0.496 e. The van der Waals surface area contributed by atoms with E-state index in [1.54, 1.807) is 7.11 Å². The van der Waals surface area contributed by atoms with Gasteiger partial charge in [0.1, 0.15) is 17.1 Å². The lowest BCUT2D eigenvalue weighted by Crippen LogP contribution is -2.45. The fourth-order valence-corrected chi connectivity index (χ4v) is 4.49. The second-order valence-corrected chi connectivity index (χ2v) is 8.08. The molecule has 132 valence electrons. The molecule has 24 heavy (non-hydrogen) atoms. The Hall–Kier alpha value is -1.44. The summed E-state index contributed by atoms with van der Waals surface area (Å²) in [6.45, 7) is 9.00. The van der Waals surface area contributed by atoms with Crippen molar-refractivity contribution in [3.63, 3.8) is 0 Å². The van der Waals surface area contributed by atoms with E-state index in [1.165, 1.54) is 36.0 Å². The molecule has 0 saturated carbocycles. The fraction of sp³-hybridized carbons (Fsp3) is 0.636. The molecule has 1 aromatic rings. The molecule has 0 saturated heterocycles. The lowest BCUT2D eigenvalue weighted by molar-refractivity contribution is 0.00749. The Kier molecular flexibility index (Phi) is 4.94. The average molecular weight is 328 g/mol. The van der Waals surface area contributed by atoms with Crippen LogP contribution in [0.4, 0.5) is 0 Å². The first-order chi connectivity index (χ1) is 11.5. The van der Waals surface area contributed by atoms with E-state index in [0.717, 1.165) is 30.8 Å². The van der Waals surface area contributed by atoms with Crippen LogP contribution in [0.2, 0.25) is 0 Å². The van der Waals surface area contributed by atoms with Gasteiger partial charge in [0.15, 0.2) is 0 Å². The summed E-state index contributed by atoms with van der Waals surface area (Å²) < 4.78 is 12.3. The van der Waals surface area contributed by atoms with Gasteiger partial charge in [0, 0.05) is 17.4 Å². The van der Waals surface area contributed by atoms with Gasteiger partial charge >= 0.3 is 0 Å². The summed E-state index contributed by atoms with van der Waals surface area (Å²) in [6, 6.07) is 4.53. The van der Waals surface area contributed by atoms with Crippen LogP contribution in [0, 0.1) is 5.92 Å². The number of hydrogen-bond acceptors (Lipinski definition) is 2. The maximum Gasteiger partial charge on any atom is 0.127 e. The van der Waals surface area contributed by atoms with Crippen LogP contribution in [0.1, 0.15) is 76.8 Å². The first kappa shape index (κ1) is 17.4. The molecule has 3 rings (SSSR count). The highest BCUT2D eigenvalue weighted by Gasteiger charge is 2.45. The highest BCUT2D eigenvalue weighted by molar-refractivity contribution is 5.53. The zero-order valence-corrected chi connectivity index (χ0v) is 15.9. The van der Waals surface area contributed by atoms with Crippen molar-refractivity contribution in [2.24, 2.45) is 5.92 Å². The summed E-state index contributed by atoms with van der Waals surface area (Å²) in [7, 11) is 1.80. The molecule has 0 bridgehead atoms. The Bertz CT molecular complexity index is 627. The van der Waals surface area contributed by atoms with Crippen molar-refractivity contribution in [3.05, 3.63) is 34.9 Å². The van der Waals surface area contributed by atoms with Crippen LogP contribution in [0.3, 0.4) is 0 Å². The van der Waals surface area contributed by atoms with Crippen molar-refractivity contribution in [2.75, 3.05) is 7.11 Å². The third-order valence-corrected chi connectivity index (χ3v) is 5.84. The molecule has 1 heterocycles. The summed E-state index contributed by atoms with van der Waals surface area (Å²) in [6.07, 6.45) is 9.48. The fourth-order valence-electron chi connectivity index (χ4n) is 4.49. The number of benzene rings is 1. The van der Waals surface area contributed by atoms with Crippen molar-refractivity contribution in [3.8, 4) is 11.5 Å². The molecule has 1 aromatic carbocycles. The lowest BCUT2D eigenvalue weighted by Gasteiger charge is -2.47. The Morgan fingerprint density at radius 1 is 1.25 bits per heavy atom. The first-order valence-electron chi connectivity index (χ1n) is 9.51. The maximum atomic E-state index is 6.50. The van der Waals surface area contributed by atoms with Gasteiger partial charge in [-0.25, -0.2) is 0 Å². The van der Waals surface area contributed by atoms with Crippen LogP contribution in [-0.4, -0.2) is 12.7 Å². The van der Waals surface area contributed by atoms with Gasteiger partial charge in [-0.15, -0.1) is 0 Å². The van der Waals surface area contributed by atoms with Crippen LogP contribution < -0.4 is 9.47 Å². The molecule has 2 heteroatoms. The zero-order valence-electron chi connectivity index (χ0n) is 15.9. The third-order valence-electron chi connectivity index (χ3n) is 5.84. The summed E-state index contributed by atoms with van der Waals surface area (Å²) in [4.78, 5) is 0. The van der Waals surface area contributed by atoms with Crippen LogP contribution >= 0.6 is 0 Å². The van der Waals surface area contributed by atoms with E-state index in [4.69, 9.17) is 9.47 Å². The molecule has 0 radical (unpaired) electrons. The molecule has 0 fully saturated rings. The van der Waals surface area contributed by atoms with Gasteiger partial charge in [0.2, 0.25) is 0 Å². The van der Waals surface area contributed by atoms with Crippen molar-refractivity contribution >= 4 is 0 Å². The van der Waals surface area contributed by atoms with Crippen LogP contribution in [0.15, 0.2) is 23.8 Å². The minimum atomic E-state index is -0.123. The van der Waals surface area contributed by atoms with Crippen LogP contribution in [0.25, 0.3) is 0 Å². The van der Waals surface area contributed by atoms with E-state index in [0.29, 0.717) is 11.8 Å². The normalized spacial score (nSPS) is 24.5. The van der Waals surface area contributed by atoms with E-state index < -0.39 is 0 Å². The second-order valence-electron chi connectivity index (χ2n) is 8.08. The molecule has 1 aliphatic carbocycles.